The van der Waals surface area contributed by atoms with E-state index in [2.05, 4.69) is 4.74 Å². The molecule has 70 valence electrons. The molecule has 1 aromatic carbocycles. The lowest BCUT2D eigenvalue weighted by Gasteiger charge is -2.02. The van der Waals surface area contributed by atoms with Crippen LogP contribution in [0.3, 0.4) is 0 Å². The fourth-order valence-corrected chi connectivity index (χ4v) is 0.939. The van der Waals surface area contributed by atoms with Crippen LogP contribution in [-0.4, -0.2) is 13.1 Å². The smallest absolute Gasteiger partial charge is 0.340 e. The highest BCUT2D eigenvalue weighted by molar-refractivity contribution is 6.30. The van der Waals surface area contributed by atoms with Gasteiger partial charge in [-0.05, 0) is 12.1 Å². The highest BCUT2D eigenvalue weighted by Gasteiger charge is 2.17. The highest BCUT2D eigenvalue weighted by Crippen LogP contribution is 2.20. The summed E-state index contributed by atoms with van der Waals surface area (Å²) < 4.78 is 29.9. The Balaban J connectivity index is 3.26. The summed E-state index contributed by atoms with van der Waals surface area (Å²) in [7, 11) is 1.08. The summed E-state index contributed by atoms with van der Waals surface area (Å²) >= 11 is 5.27. The molecule has 5 heteroatoms. The molecule has 0 unspecified atom stereocenters. The molecule has 0 aliphatic heterocycles. The average molecular weight is 207 g/mol. The number of carbonyl (C=O) groups is 1. The van der Waals surface area contributed by atoms with Crippen molar-refractivity contribution in [2.24, 2.45) is 0 Å². The molecule has 0 aromatic heterocycles. The zero-order chi connectivity index (χ0) is 10.0. The van der Waals surface area contributed by atoms with Gasteiger partial charge >= 0.3 is 5.97 Å². The van der Waals surface area contributed by atoms with Gasteiger partial charge in [0.1, 0.15) is 0 Å². The standard InChI is InChI=1S/C8H5ClF2O2/c1-13-8(12)4-2-3-5(9)7(11)6(4)10/h2-3H,1H3. The van der Waals surface area contributed by atoms with E-state index in [-0.39, 0.29) is 5.02 Å². The summed E-state index contributed by atoms with van der Waals surface area (Å²) in [5.41, 5.74) is -0.468. The van der Waals surface area contributed by atoms with Gasteiger partial charge in [-0.3, -0.25) is 0 Å². The predicted octanol–water partition coefficient (Wildman–Crippen LogP) is 2.40. The number of rotatable bonds is 1. The Morgan fingerprint density at radius 2 is 2.00 bits per heavy atom. The van der Waals surface area contributed by atoms with Crippen LogP contribution < -0.4 is 0 Å². The molecule has 0 aliphatic rings. The number of methoxy groups -OCH3 is 1. The number of benzene rings is 1. The molecule has 0 saturated carbocycles. The molecule has 0 aliphatic carbocycles. The molecular weight excluding hydrogens is 202 g/mol. The average Bonchev–Trinajstić information content (AvgIpc) is 2.13. The summed E-state index contributed by atoms with van der Waals surface area (Å²) in [6.07, 6.45) is 0. The van der Waals surface area contributed by atoms with E-state index >= 15 is 0 Å². The predicted molar refractivity (Wildman–Crippen MR) is 42.7 cm³/mol. The minimum absolute atomic E-state index is 0.370. The van der Waals surface area contributed by atoms with Crippen molar-refractivity contribution in [3.8, 4) is 0 Å². The van der Waals surface area contributed by atoms with Crippen molar-refractivity contribution < 1.29 is 18.3 Å². The van der Waals surface area contributed by atoms with Crippen LogP contribution in [0.5, 0.6) is 0 Å². The van der Waals surface area contributed by atoms with Gasteiger partial charge in [0.15, 0.2) is 11.6 Å². The molecule has 0 radical (unpaired) electrons. The molecule has 0 atom stereocenters. The first-order valence-corrected chi connectivity index (χ1v) is 3.67. The molecule has 13 heavy (non-hydrogen) atoms. The van der Waals surface area contributed by atoms with Crippen LogP contribution in [0.2, 0.25) is 5.02 Å². The zero-order valence-electron chi connectivity index (χ0n) is 6.61. The molecule has 0 N–H and O–H groups in total. The van der Waals surface area contributed by atoms with Gasteiger partial charge < -0.3 is 4.74 Å². The number of carbonyl (C=O) groups excluding carboxylic acids is 1. The number of halogens is 3. The van der Waals surface area contributed by atoms with Crippen LogP contribution >= 0.6 is 11.6 Å². The number of ether oxygens (including phenoxy) is 1. The van der Waals surface area contributed by atoms with Gasteiger partial charge in [-0.2, -0.15) is 0 Å². The van der Waals surface area contributed by atoms with Crippen molar-refractivity contribution in [3.63, 3.8) is 0 Å². The maximum absolute atomic E-state index is 12.9. The first-order chi connectivity index (χ1) is 6.07. The molecule has 0 spiro atoms. The topological polar surface area (TPSA) is 26.3 Å². The minimum Gasteiger partial charge on any atom is -0.465 e. The quantitative estimate of drug-likeness (QED) is 0.521. The van der Waals surface area contributed by atoms with Crippen LogP contribution in [0, 0.1) is 11.6 Å². The summed E-state index contributed by atoms with van der Waals surface area (Å²) in [5, 5.41) is -0.370. The lowest BCUT2D eigenvalue weighted by Crippen LogP contribution is -2.06. The van der Waals surface area contributed by atoms with E-state index in [4.69, 9.17) is 11.6 Å². The van der Waals surface area contributed by atoms with Crippen molar-refractivity contribution in [2.75, 3.05) is 7.11 Å². The SMILES string of the molecule is COC(=O)c1ccc(Cl)c(F)c1F. The molecule has 0 amide bonds. The van der Waals surface area contributed by atoms with Crippen molar-refractivity contribution >= 4 is 17.6 Å². The van der Waals surface area contributed by atoms with E-state index in [1.54, 1.807) is 0 Å². The van der Waals surface area contributed by atoms with Crippen molar-refractivity contribution in [1.29, 1.82) is 0 Å². The third kappa shape index (κ3) is 1.78. The Labute approximate surface area is 78.1 Å². The first-order valence-electron chi connectivity index (χ1n) is 3.29. The molecule has 1 rings (SSSR count). The lowest BCUT2D eigenvalue weighted by atomic mass is 10.2. The van der Waals surface area contributed by atoms with E-state index in [1.807, 2.05) is 0 Å². The molecule has 0 fully saturated rings. The van der Waals surface area contributed by atoms with Crippen LogP contribution in [0.4, 0.5) is 8.78 Å². The van der Waals surface area contributed by atoms with E-state index in [1.165, 1.54) is 0 Å². The zero-order valence-corrected chi connectivity index (χ0v) is 7.36. The van der Waals surface area contributed by atoms with E-state index in [0.717, 1.165) is 19.2 Å². The summed E-state index contributed by atoms with van der Waals surface area (Å²) in [6, 6.07) is 2.15. The largest absolute Gasteiger partial charge is 0.465 e. The molecule has 0 heterocycles. The van der Waals surface area contributed by atoms with Crippen molar-refractivity contribution in [3.05, 3.63) is 34.4 Å². The highest BCUT2D eigenvalue weighted by atomic mass is 35.5. The van der Waals surface area contributed by atoms with Crippen LogP contribution in [-0.2, 0) is 4.74 Å². The first kappa shape index (κ1) is 9.92. The van der Waals surface area contributed by atoms with Gasteiger partial charge in [-0.1, -0.05) is 11.6 Å². The maximum Gasteiger partial charge on any atom is 0.340 e. The third-order valence-electron chi connectivity index (χ3n) is 1.44. The second-order valence-electron chi connectivity index (χ2n) is 2.21. The van der Waals surface area contributed by atoms with E-state index in [0.29, 0.717) is 0 Å². The number of esters is 1. The summed E-state index contributed by atoms with van der Waals surface area (Å²) in [4.78, 5) is 10.8. The minimum atomic E-state index is -1.29. The third-order valence-corrected chi connectivity index (χ3v) is 1.73. The Kier molecular flexibility index (Phi) is 2.83. The fourth-order valence-electron chi connectivity index (χ4n) is 0.794. The van der Waals surface area contributed by atoms with Crippen molar-refractivity contribution in [1.82, 2.24) is 0 Å². The van der Waals surface area contributed by atoms with Gasteiger partial charge in [-0.15, -0.1) is 0 Å². The Morgan fingerprint density at radius 1 is 1.38 bits per heavy atom. The molecule has 0 saturated heterocycles. The number of hydrogen-bond acceptors (Lipinski definition) is 2. The van der Waals surface area contributed by atoms with E-state index < -0.39 is 23.2 Å². The van der Waals surface area contributed by atoms with Crippen molar-refractivity contribution in [2.45, 2.75) is 0 Å². The molecule has 0 bridgehead atoms. The second-order valence-corrected chi connectivity index (χ2v) is 2.62. The van der Waals surface area contributed by atoms with E-state index in [9.17, 15) is 13.6 Å². The fraction of sp³-hybridized carbons (Fsp3) is 0.125. The monoisotopic (exact) mass is 206 g/mol. The van der Waals surface area contributed by atoms with Gasteiger partial charge in [0, 0.05) is 0 Å². The van der Waals surface area contributed by atoms with Crippen LogP contribution in [0.15, 0.2) is 12.1 Å². The lowest BCUT2D eigenvalue weighted by molar-refractivity contribution is 0.0594. The summed E-state index contributed by atoms with van der Waals surface area (Å²) in [5.74, 6) is -3.48. The van der Waals surface area contributed by atoms with Gasteiger partial charge in [0.25, 0.3) is 0 Å². The second kappa shape index (κ2) is 3.70. The normalized spacial score (nSPS) is 9.85. The molecular formula is C8H5ClF2O2. The Bertz CT molecular complexity index is 352. The Morgan fingerprint density at radius 3 is 2.54 bits per heavy atom. The van der Waals surface area contributed by atoms with Crippen LogP contribution in [0.25, 0.3) is 0 Å². The van der Waals surface area contributed by atoms with Gasteiger partial charge in [0.05, 0.1) is 17.7 Å². The maximum atomic E-state index is 12.9. The molecule has 2 nitrogen and oxygen atoms in total. The number of hydrogen-bond donors (Lipinski definition) is 0. The van der Waals surface area contributed by atoms with Gasteiger partial charge in [0.2, 0.25) is 0 Å². The molecule has 1 aromatic rings. The summed E-state index contributed by atoms with van der Waals surface area (Å²) in [6.45, 7) is 0. The Hall–Kier alpha value is -1.16. The van der Waals surface area contributed by atoms with Gasteiger partial charge in [-0.25, -0.2) is 13.6 Å². The van der Waals surface area contributed by atoms with Crippen LogP contribution in [0.1, 0.15) is 10.4 Å².